The zero-order valence-corrected chi connectivity index (χ0v) is 18.3. The van der Waals surface area contributed by atoms with Crippen LogP contribution in [0.1, 0.15) is 29.3 Å². The maximum Gasteiger partial charge on any atom is 0.246 e. The minimum absolute atomic E-state index is 0.0812. The molecule has 0 bridgehead atoms. The first-order valence-corrected chi connectivity index (χ1v) is 11.9. The predicted octanol–water partition coefficient (Wildman–Crippen LogP) is 4.23. The number of halogens is 1. The SMILES string of the molecule is COc1ccc(C)cc1S(=O)(=O)N1CCCC(c2nnc(-c3ccccc3F)s2)C1. The number of rotatable bonds is 5. The van der Waals surface area contributed by atoms with Gasteiger partial charge in [0, 0.05) is 24.6 Å². The van der Waals surface area contributed by atoms with Gasteiger partial charge >= 0.3 is 0 Å². The smallest absolute Gasteiger partial charge is 0.246 e. The molecule has 0 aliphatic carbocycles. The number of piperidine rings is 1. The van der Waals surface area contributed by atoms with Crippen molar-refractivity contribution in [3.05, 3.63) is 58.9 Å². The number of methoxy groups -OCH3 is 1. The summed E-state index contributed by atoms with van der Waals surface area (Å²) in [7, 11) is -2.25. The van der Waals surface area contributed by atoms with Crippen LogP contribution in [0.25, 0.3) is 10.6 Å². The Bertz CT molecular complexity index is 1160. The molecule has 9 heteroatoms. The van der Waals surface area contributed by atoms with Gasteiger partial charge in [0.1, 0.15) is 21.5 Å². The second kappa shape index (κ2) is 8.41. The average molecular weight is 448 g/mol. The molecule has 1 aromatic heterocycles. The number of aryl methyl sites for hydroxylation is 1. The lowest BCUT2D eigenvalue weighted by Gasteiger charge is -2.31. The number of hydrogen-bond acceptors (Lipinski definition) is 6. The molecule has 2 aromatic carbocycles. The lowest BCUT2D eigenvalue weighted by atomic mass is 10.0. The molecule has 2 heterocycles. The van der Waals surface area contributed by atoms with Gasteiger partial charge in [-0.3, -0.25) is 0 Å². The average Bonchev–Trinajstić information content (AvgIpc) is 3.24. The molecule has 4 rings (SSSR count). The molecule has 0 amide bonds. The van der Waals surface area contributed by atoms with Gasteiger partial charge in [-0.25, -0.2) is 12.8 Å². The van der Waals surface area contributed by atoms with Crippen LogP contribution in [0.4, 0.5) is 4.39 Å². The fourth-order valence-corrected chi connectivity index (χ4v) is 6.39. The normalized spacial score (nSPS) is 17.8. The molecule has 30 heavy (non-hydrogen) atoms. The summed E-state index contributed by atoms with van der Waals surface area (Å²) in [4.78, 5) is 0.176. The van der Waals surface area contributed by atoms with Crippen molar-refractivity contribution < 1.29 is 17.5 Å². The highest BCUT2D eigenvalue weighted by atomic mass is 32.2. The minimum atomic E-state index is -3.72. The lowest BCUT2D eigenvalue weighted by molar-refractivity contribution is 0.312. The molecular formula is C21H22FN3O3S2. The van der Waals surface area contributed by atoms with Gasteiger partial charge in [0.2, 0.25) is 10.0 Å². The zero-order valence-electron chi connectivity index (χ0n) is 16.7. The highest BCUT2D eigenvalue weighted by molar-refractivity contribution is 7.89. The first-order valence-electron chi connectivity index (χ1n) is 9.63. The van der Waals surface area contributed by atoms with Crippen LogP contribution in [-0.4, -0.2) is 43.1 Å². The van der Waals surface area contributed by atoms with Crippen LogP contribution >= 0.6 is 11.3 Å². The number of aromatic nitrogens is 2. The highest BCUT2D eigenvalue weighted by Crippen LogP contribution is 2.36. The van der Waals surface area contributed by atoms with Crippen LogP contribution in [0.2, 0.25) is 0 Å². The first-order chi connectivity index (χ1) is 14.4. The summed E-state index contributed by atoms with van der Waals surface area (Å²) in [5.41, 5.74) is 1.26. The Morgan fingerprint density at radius 3 is 2.77 bits per heavy atom. The minimum Gasteiger partial charge on any atom is -0.495 e. The van der Waals surface area contributed by atoms with Gasteiger partial charge in [-0.05, 0) is 49.6 Å². The molecule has 1 unspecified atom stereocenters. The van der Waals surface area contributed by atoms with Crippen molar-refractivity contribution in [2.24, 2.45) is 0 Å². The van der Waals surface area contributed by atoms with E-state index < -0.39 is 10.0 Å². The van der Waals surface area contributed by atoms with Gasteiger partial charge in [-0.2, -0.15) is 4.31 Å². The van der Waals surface area contributed by atoms with E-state index in [1.807, 2.05) is 13.0 Å². The summed E-state index contributed by atoms with van der Waals surface area (Å²) >= 11 is 1.32. The standard InChI is InChI=1S/C21H22FN3O3S2/c1-14-9-10-18(28-2)19(12-14)30(26,27)25-11-5-6-15(13-25)20-23-24-21(29-20)16-7-3-4-8-17(16)22/h3-4,7-10,12,15H,5-6,11,13H2,1-2H3. The van der Waals surface area contributed by atoms with E-state index in [4.69, 9.17) is 4.74 Å². The molecule has 3 aromatic rings. The van der Waals surface area contributed by atoms with E-state index >= 15 is 0 Å². The van der Waals surface area contributed by atoms with Crippen molar-refractivity contribution in [2.45, 2.75) is 30.6 Å². The summed E-state index contributed by atoms with van der Waals surface area (Å²) in [6, 6.07) is 11.6. The monoisotopic (exact) mass is 447 g/mol. The molecule has 1 aliphatic heterocycles. The second-order valence-corrected chi connectivity index (χ2v) is 10.2. The Balaban J connectivity index is 1.60. The van der Waals surface area contributed by atoms with Gasteiger partial charge < -0.3 is 4.74 Å². The number of benzene rings is 2. The summed E-state index contributed by atoms with van der Waals surface area (Å²) in [5, 5.41) is 9.63. The Labute approximate surface area is 179 Å². The lowest BCUT2D eigenvalue weighted by Crippen LogP contribution is -2.39. The van der Waals surface area contributed by atoms with Crippen molar-refractivity contribution in [2.75, 3.05) is 20.2 Å². The van der Waals surface area contributed by atoms with Gasteiger partial charge in [0.05, 0.1) is 7.11 Å². The van der Waals surface area contributed by atoms with E-state index in [2.05, 4.69) is 10.2 Å². The molecule has 1 saturated heterocycles. The molecule has 6 nitrogen and oxygen atoms in total. The molecule has 0 radical (unpaired) electrons. The predicted molar refractivity (Wildman–Crippen MR) is 114 cm³/mol. The number of ether oxygens (including phenoxy) is 1. The molecule has 0 N–H and O–H groups in total. The van der Waals surface area contributed by atoms with E-state index in [0.29, 0.717) is 35.8 Å². The van der Waals surface area contributed by atoms with Crippen LogP contribution in [-0.2, 0) is 10.0 Å². The third-order valence-electron chi connectivity index (χ3n) is 5.22. The number of sulfonamides is 1. The number of hydrogen-bond donors (Lipinski definition) is 0. The Hall–Kier alpha value is -2.36. The Morgan fingerprint density at radius 2 is 2.00 bits per heavy atom. The quantitative estimate of drug-likeness (QED) is 0.585. The van der Waals surface area contributed by atoms with Crippen molar-refractivity contribution >= 4 is 21.4 Å². The van der Waals surface area contributed by atoms with Crippen molar-refractivity contribution in [3.63, 3.8) is 0 Å². The van der Waals surface area contributed by atoms with Crippen LogP contribution < -0.4 is 4.74 Å². The molecule has 0 spiro atoms. The molecule has 1 atom stereocenters. The van der Waals surface area contributed by atoms with E-state index in [0.717, 1.165) is 17.0 Å². The molecule has 0 saturated carbocycles. The fraction of sp³-hybridized carbons (Fsp3) is 0.333. The summed E-state index contributed by atoms with van der Waals surface area (Å²) in [6.07, 6.45) is 1.52. The van der Waals surface area contributed by atoms with Gasteiger partial charge in [0.25, 0.3) is 0 Å². The second-order valence-electron chi connectivity index (χ2n) is 7.28. The van der Waals surface area contributed by atoms with Gasteiger partial charge in [-0.1, -0.05) is 29.5 Å². The van der Waals surface area contributed by atoms with E-state index in [9.17, 15) is 12.8 Å². The maximum absolute atomic E-state index is 14.1. The van der Waals surface area contributed by atoms with Crippen LogP contribution in [0.5, 0.6) is 5.75 Å². The van der Waals surface area contributed by atoms with E-state index in [1.54, 1.807) is 30.3 Å². The Kier molecular flexibility index (Phi) is 5.86. The summed E-state index contributed by atoms with van der Waals surface area (Å²) < 4.78 is 47.5. The van der Waals surface area contributed by atoms with Crippen molar-refractivity contribution in [1.82, 2.24) is 14.5 Å². The topological polar surface area (TPSA) is 72.4 Å². The summed E-state index contributed by atoms with van der Waals surface area (Å²) in [5.74, 6) is -0.0950. The summed E-state index contributed by atoms with van der Waals surface area (Å²) in [6.45, 7) is 2.60. The van der Waals surface area contributed by atoms with E-state index in [1.165, 1.54) is 28.8 Å². The van der Waals surface area contributed by atoms with Gasteiger partial charge in [0.15, 0.2) is 5.01 Å². The van der Waals surface area contributed by atoms with Crippen LogP contribution in [0.15, 0.2) is 47.4 Å². The first kappa shape index (κ1) is 20.9. The third-order valence-corrected chi connectivity index (χ3v) is 8.22. The zero-order chi connectivity index (χ0) is 21.3. The van der Waals surface area contributed by atoms with Gasteiger partial charge in [-0.15, -0.1) is 10.2 Å². The highest BCUT2D eigenvalue weighted by Gasteiger charge is 2.34. The molecule has 158 valence electrons. The van der Waals surface area contributed by atoms with Crippen LogP contribution in [0, 0.1) is 12.7 Å². The molecular weight excluding hydrogens is 425 g/mol. The van der Waals surface area contributed by atoms with E-state index in [-0.39, 0.29) is 16.6 Å². The Morgan fingerprint density at radius 1 is 1.20 bits per heavy atom. The maximum atomic E-state index is 14.1. The number of nitrogens with zero attached hydrogens (tertiary/aromatic N) is 3. The molecule has 1 fully saturated rings. The molecule has 1 aliphatic rings. The third kappa shape index (κ3) is 3.97. The van der Waals surface area contributed by atoms with Crippen molar-refractivity contribution in [3.8, 4) is 16.3 Å². The van der Waals surface area contributed by atoms with Crippen molar-refractivity contribution in [1.29, 1.82) is 0 Å². The largest absolute Gasteiger partial charge is 0.495 e. The fourth-order valence-electron chi connectivity index (χ4n) is 3.63. The van der Waals surface area contributed by atoms with Crippen LogP contribution in [0.3, 0.4) is 0 Å².